The Labute approximate surface area is 83.9 Å². The first-order valence-electron chi connectivity index (χ1n) is 4.95. The SMILES string of the molecule is NC(CCOCC1CCOCC1)=NO. The maximum absolute atomic E-state index is 8.27. The fourth-order valence-corrected chi connectivity index (χ4v) is 1.39. The van der Waals surface area contributed by atoms with Gasteiger partial charge >= 0.3 is 0 Å². The van der Waals surface area contributed by atoms with Crippen molar-refractivity contribution in [3.05, 3.63) is 0 Å². The maximum Gasteiger partial charge on any atom is 0.141 e. The number of hydrogen-bond acceptors (Lipinski definition) is 4. The highest BCUT2D eigenvalue weighted by molar-refractivity contribution is 5.79. The Bertz CT molecular complexity index is 179. The van der Waals surface area contributed by atoms with E-state index in [4.69, 9.17) is 20.4 Å². The second-order valence-corrected chi connectivity index (χ2v) is 3.47. The average Bonchev–Trinajstić information content (AvgIpc) is 2.25. The molecule has 1 saturated heterocycles. The van der Waals surface area contributed by atoms with Crippen molar-refractivity contribution in [1.29, 1.82) is 0 Å². The predicted molar refractivity (Wildman–Crippen MR) is 52.4 cm³/mol. The van der Waals surface area contributed by atoms with E-state index in [1.165, 1.54) is 0 Å². The van der Waals surface area contributed by atoms with E-state index in [1.54, 1.807) is 0 Å². The average molecular weight is 202 g/mol. The van der Waals surface area contributed by atoms with Crippen molar-refractivity contribution in [1.82, 2.24) is 0 Å². The van der Waals surface area contributed by atoms with Crippen LogP contribution in [0.15, 0.2) is 5.16 Å². The Kier molecular flexibility index (Phi) is 5.32. The first kappa shape index (κ1) is 11.3. The molecular weight excluding hydrogens is 184 g/mol. The molecule has 0 aromatic heterocycles. The van der Waals surface area contributed by atoms with Crippen LogP contribution in [0.3, 0.4) is 0 Å². The van der Waals surface area contributed by atoms with Gasteiger partial charge in [-0.1, -0.05) is 5.16 Å². The zero-order valence-electron chi connectivity index (χ0n) is 8.32. The predicted octanol–water partition coefficient (Wildman–Crippen LogP) is 0.566. The summed E-state index contributed by atoms with van der Waals surface area (Å²) in [6, 6.07) is 0. The smallest absolute Gasteiger partial charge is 0.141 e. The van der Waals surface area contributed by atoms with Gasteiger partial charge in [-0.05, 0) is 18.8 Å². The van der Waals surface area contributed by atoms with Crippen LogP contribution < -0.4 is 5.73 Å². The summed E-state index contributed by atoms with van der Waals surface area (Å²) in [4.78, 5) is 0. The lowest BCUT2D eigenvalue weighted by Crippen LogP contribution is -2.21. The third kappa shape index (κ3) is 4.43. The molecule has 1 aliphatic rings. The first-order chi connectivity index (χ1) is 6.83. The molecule has 0 amide bonds. The third-order valence-electron chi connectivity index (χ3n) is 2.33. The summed E-state index contributed by atoms with van der Waals surface area (Å²) >= 11 is 0. The lowest BCUT2D eigenvalue weighted by molar-refractivity contribution is 0.0222. The van der Waals surface area contributed by atoms with Crippen molar-refractivity contribution in [2.75, 3.05) is 26.4 Å². The fraction of sp³-hybridized carbons (Fsp3) is 0.889. The lowest BCUT2D eigenvalue weighted by atomic mass is 10.0. The van der Waals surface area contributed by atoms with Crippen molar-refractivity contribution in [2.45, 2.75) is 19.3 Å². The van der Waals surface area contributed by atoms with Gasteiger partial charge in [0.25, 0.3) is 0 Å². The number of hydrogen-bond donors (Lipinski definition) is 2. The Morgan fingerprint density at radius 2 is 2.21 bits per heavy atom. The van der Waals surface area contributed by atoms with Gasteiger partial charge in [0.05, 0.1) is 6.61 Å². The topological polar surface area (TPSA) is 77.1 Å². The van der Waals surface area contributed by atoms with Crippen molar-refractivity contribution >= 4 is 5.84 Å². The third-order valence-corrected chi connectivity index (χ3v) is 2.33. The standard InChI is InChI=1S/C9H18N2O3/c10-9(11-12)3-6-14-7-8-1-4-13-5-2-8/h8,12H,1-7H2,(H2,10,11). The van der Waals surface area contributed by atoms with Crippen LogP contribution in [-0.4, -0.2) is 37.5 Å². The minimum atomic E-state index is 0.219. The van der Waals surface area contributed by atoms with Crippen LogP contribution in [-0.2, 0) is 9.47 Å². The minimum absolute atomic E-state index is 0.219. The van der Waals surface area contributed by atoms with Crippen LogP contribution in [0.2, 0.25) is 0 Å². The summed E-state index contributed by atoms with van der Waals surface area (Å²) in [5.41, 5.74) is 5.29. The number of rotatable bonds is 5. The van der Waals surface area contributed by atoms with Gasteiger partial charge in [0.15, 0.2) is 0 Å². The van der Waals surface area contributed by atoms with Crippen LogP contribution >= 0.6 is 0 Å². The molecule has 3 N–H and O–H groups in total. The lowest BCUT2D eigenvalue weighted by Gasteiger charge is -2.21. The monoisotopic (exact) mass is 202 g/mol. The van der Waals surface area contributed by atoms with Crippen LogP contribution in [0.4, 0.5) is 0 Å². The van der Waals surface area contributed by atoms with Crippen molar-refractivity contribution in [3.8, 4) is 0 Å². The molecule has 0 spiro atoms. The zero-order valence-corrected chi connectivity index (χ0v) is 8.32. The van der Waals surface area contributed by atoms with Crippen molar-refractivity contribution in [3.63, 3.8) is 0 Å². The highest BCUT2D eigenvalue weighted by atomic mass is 16.5. The van der Waals surface area contributed by atoms with Gasteiger partial charge in [-0.3, -0.25) is 0 Å². The highest BCUT2D eigenvalue weighted by Gasteiger charge is 2.13. The summed E-state index contributed by atoms with van der Waals surface area (Å²) in [5.74, 6) is 0.827. The fourth-order valence-electron chi connectivity index (χ4n) is 1.39. The molecule has 82 valence electrons. The summed E-state index contributed by atoms with van der Waals surface area (Å²) in [6.45, 7) is 2.96. The second-order valence-electron chi connectivity index (χ2n) is 3.47. The second kappa shape index (κ2) is 6.62. The van der Waals surface area contributed by atoms with Gasteiger partial charge in [-0.15, -0.1) is 0 Å². The Morgan fingerprint density at radius 1 is 1.50 bits per heavy atom. The van der Waals surface area contributed by atoms with Gasteiger partial charge in [-0.25, -0.2) is 0 Å². The molecule has 5 heteroatoms. The molecule has 0 aliphatic carbocycles. The van der Waals surface area contributed by atoms with E-state index in [9.17, 15) is 0 Å². The Balaban J connectivity index is 1.97. The normalized spacial score (nSPS) is 19.9. The Hall–Kier alpha value is -0.810. The molecule has 1 aliphatic heterocycles. The number of amidine groups is 1. The first-order valence-corrected chi connectivity index (χ1v) is 4.95. The Morgan fingerprint density at radius 3 is 2.86 bits per heavy atom. The number of oxime groups is 1. The van der Waals surface area contributed by atoms with Crippen molar-refractivity contribution in [2.24, 2.45) is 16.8 Å². The van der Waals surface area contributed by atoms with Crippen molar-refractivity contribution < 1.29 is 14.7 Å². The van der Waals surface area contributed by atoms with E-state index in [-0.39, 0.29) is 5.84 Å². The molecule has 1 heterocycles. The van der Waals surface area contributed by atoms with E-state index in [2.05, 4.69) is 5.16 Å². The molecule has 0 radical (unpaired) electrons. The van der Waals surface area contributed by atoms with E-state index >= 15 is 0 Å². The van der Waals surface area contributed by atoms with Gasteiger partial charge < -0.3 is 20.4 Å². The molecular formula is C9H18N2O3. The summed E-state index contributed by atoms with van der Waals surface area (Å²) in [7, 11) is 0. The van der Waals surface area contributed by atoms with E-state index < -0.39 is 0 Å². The van der Waals surface area contributed by atoms with Gasteiger partial charge in [0.1, 0.15) is 5.84 Å². The maximum atomic E-state index is 8.27. The minimum Gasteiger partial charge on any atom is -0.409 e. The number of nitrogens with two attached hydrogens (primary N) is 1. The summed E-state index contributed by atoms with van der Waals surface area (Å²) in [6.07, 6.45) is 2.63. The highest BCUT2D eigenvalue weighted by Crippen LogP contribution is 2.14. The van der Waals surface area contributed by atoms with Crippen LogP contribution in [0, 0.1) is 5.92 Å². The molecule has 5 nitrogen and oxygen atoms in total. The van der Waals surface area contributed by atoms with E-state index in [0.717, 1.165) is 32.7 Å². The molecule has 14 heavy (non-hydrogen) atoms. The molecule has 0 saturated carbocycles. The molecule has 1 fully saturated rings. The number of nitrogens with zero attached hydrogens (tertiary/aromatic N) is 1. The summed E-state index contributed by atoms with van der Waals surface area (Å²) < 4.78 is 10.7. The molecule has 0 atom stereocenters. The largest absolute Gasteiger partial charge is 0.409 e. The van der Waals surface area contributed by atoms with Gasteiger partial charge in [-0.2, -0.15) is 0 Å². The van der Waals surface area contributed by atoms with Crippen LogP contribution in [0.25, 0.3) is 0 Å². The van der Waals surface area contributed by atoms with Gasteiger partial charge in [0.2, 0.25) is 0 Å². The quantitative estimate of drug-likeness (QED) is 0.224. The molecule has 0 bridgehead atoms. The van der Waals surface area contributed by atoms with Gasteiger partial charge in [0, 0.05) is 26.2 Å². The zero-order chi connectivity index (χ0) is 10.2. The molecule has 0 aromatic rings. The molecule has 0 aromatic carbocycles. The summed E-state index contributed by atoms with van der Waals surface area (Å²) in [5, 5.41) is 11.1. The van der Waals surface area contributed by atoms with E-state index in [0.29, 0.717) is 18.9 Å². The van der Waals surface area contributed by atoms with Crippen LogP contribution in [0.1, 0.15) is 19.3 Å². The van der Waals surface area contributed by atoms with Crippen LogP contribution in [0.5, 0.6) is 0 Å². The molecule has 1 rings (SSSR count). The molecule has 0 unspecified atom stereocenters. The number of ether oxygens (including phenoxy) is 2. The van der Waals surface area contributed by atoms with E-state index in [1.807, 2.05) is 0 Å².